The number of aliphatic hydroxyl groups is 1. The molecule has 76 valence electrons. The first kappa shape index (κ1) is 9.47. The van der Waals surface area contributed by atoms with E-state index in [1.807, 2.05) is 0 Å². The Morgan fingerprint density at radius 2 is 2.00 bits per heavy atom. The number of nitrogens with zero attached hydrogens (tertiary/aromatic N) is 1. The highest BCUT2D eigenvalue weighted by Gasteiger charge is 2.41. The third kappa shape index (κ3) is 1.75. The van der Waals surface area contributed by atoms with Crippen molar-refractivity contribution in [3.05, 3.63) is 0 Å². The number of hydrogen-bond acceptors (Lipinski definition) is 2. The molecule has 0 bridgehead atoms. The fraction of sp³-hybridized carbons (Fsp3) is 1.00. The molecular formula is C11H21NO. The zero-order valence-electron chi connectivity index (χ0n) is 8.63. The van der Waals surface area contributed by atoms with Crippen LogP contribution in [0.1, 0.15) is 38.5 Å². The molecule has 1 N–H and O–H groups in total. The van der Waals surface area contributed by atoms with Crippen LogP contribution in [0.3, 0.4) is 0 Å². The van der Waals surface area contributed by atoms with Crippen molar-refractivity contribution in [3.8, 4) is 0 Å². The molecule has 2 fully saturated rings. The summed E-state index contributed by atoms with van der Waals surface area (Å²) < 4.78 is 0. The van der Waals surface area contributed by atoms with Gasteiger partial charge in [0.1, 0.15) is 0 Å². The summed E-state index contributed by atoms with van der Waals surface area (Å²) in [5.74, 6) is 0. The topological polar surface area (TPSA) is 23.5 Å². The van der Waals surface area contributed by atoms with E-state index in [1.54, 1.807) is 0 Å². The molecule has 2 heteroatoms. The van der Waals surface area contributed by atoms with Crippen LogP contribution < -0.4 is 0 Å². The normalized spacial score (nSPS) is 42.5. The highest BCUT2D eigenvalue weighted by molar-refractivity contribution is 4.94. The molecule has 1 saturated carbocycles. The zero-order chi connectivity index (χ0) is 9.31. The van der Waals surface area contributed by atoms with E-state index < -0.39 is 0 Å². The van der Waals surface area contributed by atoms with E-state index in [9.17, 15) is 5.11 Å². The lowest BCUT2D eigenvalue weighted by Crippen LogP contribution is -2.49. The number of likely N-dealkylation sites (tertiary alicyclic amines) is 1. The zero-order valence-corrected chi connectivity index (χ0v) is 8.63. The van der Waals surface area contributed by atoms with Crippen molar-refractivity contribution >= 4 is 0 Å². The van der Waals surface area contributed by atoms with Crippen LogP contribution in [-0.4, -0.2) is 36.2 Å². The fourth-order valence-corrected chi connectivity index (χ4v) is 3.16. The molecule has 13 heavy (non-hydrogen) atoms. The molecule has 0 radical (unpaired) electrons. The van der Waals surface area contributed by atoms with Gasteiger partial charge in [-0.2, -0.15) is 0 Å². The Bertz CT molecular complexity index is 179. The van der Waals surface area contributed by atoms with Crippen LogP contribution in [0.5, 0.6) is 0 Å². The quantitative estimate of drug-likeness (QED) is 0.617. The molecule has 1 saturated heterocycles. The molecule has 0 aromatic carbocycles. The van der Waals surface area contributed by atoms with Gasteiger partial charge in [0.15, 0.2) is 0 Å². The summed E-state index contributed by atoms with van der Waals surface area (Å²) >= 11 is 0. The van der Waals surface area contributed by atoms with Crippen LogP contribution in [0.2, 0.25) is 0 Å². The van der Waals surface area contributed by atoms with Gasteiger partial charge in [0.2, 0.25) is 0 Å². The third-order valence-electron chi connectivity index (χ3n) is 3.91. The smallest absolute Gasteiger partial charge is 0.0608 e. The van der Waals surface area contributed by atoms with Gasteiger partial charge in [-0.3, -0.25) is 0 Å². The maximum Gasteiger partial charge on any atom is 0.0608 e. The van der Waals surface area contributed by atoms with Crippen LogP contribution in [0.4, 0.5) is 0 Å². The molecule has 0 aromatic rings. The van der Waals surface area contributed by atoms with E-state index in [0.29, 0.717) is 0 Å². The summed E-state index contributed by atoms with van der Waals surface area (Å²) in [6, 6.07) is 0. The van der Waals surface area contributed by atoms with E-state index >= 15 is 0 Å². The summed E-state index contributed by atoms with van der Waals surface area (Å²) in [6.45, 7) is 2.34. The van der Waals surface area contributed by atoms with Gasteiger partial charge in [-0.1, -0.05) is 12.8 Å². The Morgan fingerprint density at radius 1 is 1.23 bits per heavy atom. The molecule has 0 aromatic heterocycles. The van der Waals surface area contributed by atoms with E-state index in [4.69, 9.17) is 0 Å². The Labute approximate surface area is 80.9 Å². The lowest BCUT2D eigenvalue weighted by molar-refractivity contribution is -0.0540. The van der Waals surface area contributed by atoms with Gasteiger partial charge in [-0.05, 0) is 39.3 Å². The van der Waals surface area contributed by atoms with Crippen molar-refractivity contribution in [1.29, 1.82) is 0 Å². The highest BCUT2D eigenvalue weighted by atomic mass is 16.3. The van der Waals surface area contributed by atoms with Crippen LogP contribution >= 0.6 is 0 Å². The van der Waals surface area contributed by atoms with Gasteiger partial charge >= 0.3 is 0 Å². The van der Waals surface area contributed by atoms with Crippen molar-refractivity contribution in [1.82, 2.24) is 4.90 Å². The van der Waals surface area contributed by atoms with Crippen molar-refractivity contribution in [2.24, 2.45) is 5.41 Å². The lowest BCUT2D eigenvalue weighted by Gasteiger charge is -2.47. The first-order chi connectivity index (χ1) is 6.23. The standard InChI is InChI=1S/C11H21NO/c1-12-8-4-7-11(9-12)6-3-2-5-10(11)13/h10,13H,2-9H2,1H3/t10-,11-/m1/s1. The fourth-order valence-electron chi connectivity index (χ4n) is 3.16. The molecule has 2 nitrogen and oxygen atoms in total. The molecule has 2 aliphatic rings. The summed E-state index contributed by atoms with van der Waals surface area (Å²) in [5, 5.41) is 10.1. The average Bonchev–Trinajstić information content (AvgIpc) is 2.11. The van der Waals surface area contributed by atoms with E-state index in [-0.39, 0.29) is 11.5 Å². The number of piperidine rings is 1. The first-order valence-corrected chi connectivity index (χ1v) is 5.60. The van der Waals surface area contributed by atoms with Gasteiger partial charge in [-0.15, -0.1) is 0 Å². The third-order valence-corrected chi connectivity index (χ3v) is 3.91. The molecule has 1 heterocycles. The van der Waals surface area contributed by atoms with Crippen molar-refractivity contribution < 1.29 is 5.11 Å². The molecule has 0 amide bonds. The second-order valence-corrected chi connectivity index (χ2v) is 4.97. The van der Waals surface area contributed by atoms with E-state index in [2.05, 4.69) is 11.9 Å². The molecule has 1 aliphatic carbocycles. The Hall–Kier alpha value is -0.0800. The maximum atomic E-state index is 10.1. The van der Waals surface area contributed by atoms with Crippen LogP contribution in [0.25, 0.3) is 0 Å². The van der Waals surface area contributed by atoms with Crippen molar-refractivity contribution in [2.45, 2.75) is 44.6 Å². The largest absolute Gasteiger partial charge is 0.393 e. The van der Waals surface area contributed by atoms with Crippen LogP contribution in [0, 0.1) is 5.41 Å². The summed E-state index contributed by atoms with van der Waals surface area (Å²) in [7, 11) is 2.18. The summed E-state index contributed by atoms with van der Waals surface area (Å²) in [6.07, 6.45) is 7.33. The molecule has 1 aliphatic heterocycles. The van der Waals surface area contributed by atoms with Gasteiger partial charge in [0.25, 0.3) is 0 Å². The molecular weight excluding hydrogens is 162 g/mol. The van der Waals surface area contributed by atoms with Gasteiger partial charge in [0.05, 0.1) is 6.10 Å². The highest BCUT2D eigenvalue weighted by Crippen LogP contribution is 2.42. The molecule has 1 spiro atoms. The Kier molecular flexibility index (Phi) is 2.61. The maximum absolute atomic E-state index is 10.1. The van der Waals surface area contributed by atoms with Gasteiger partial charge in [0, 0.05) is 12.0 Å². The monoisotopic (exact) mass is 183 g/mol. The predicted molar refractivity (Wildman–Crippen MR) is 53.6 cm³/mol. The summed E-state index contributed by atoms with van der Waals surface area (Å²) in [5.41, 5.74) is 0.269. The number of rotatable bonds is 0. The number of aliphatic hydroxyl groups excluding tert-OH is 1. The lowest BCUT2D eigenvalue weighted by atomic mass is 9.67. The minimum absolute atomic E-state index is 0.0241. The predicted octanol–water partition coefficient (Wildman–Crippen LogP) is 1.63. The molecule has 0 unspecified atom stereocenters. The SMILES string of the molecule is CN1CCC[C@]2(CCCC[C@H]2O)C1. The molecule has 2 atom stereocenters. The van der Waals surface area contributed by atoms with Crippen molar-refractivity contribution in [3.63, 3.8) is 0 Å². The number of hydrogen-bond donors (Lipinski definition) is 1. The summed E-state index contributed by atoms with van der Waals surface area (Å²) in [4.78, 5) is 2.39. The van der Waals surface area contributed by atoms with Gasteiger partial charge in [-0.25, -0.2) is 0 Å². The van der Waals surface area contributed by atoms with Gasteiger partial charge < -0.3 is 10.0 Å². The first-order valence-electron chi connectivity index (χ1n) is 5.60. The Balaban J connectivity index is 2.07. The van der Waals surface area contributed by atoms with Crippen LogP contribution in [-0.2, 0) is 0 Å². The average molecular weight is 183 g/mol. The Morgan fingerprint density at radius 3 is 2.69 bits per heavy atom. The van der Waals surface area contributed by atoms with Crippen molar-refractivity contribution in [2.75, 3.05) is 20.1 Å². The van der Waals surface area contributed by atoms with E-state index in [0.717, 1.165) is 13.0 Å². The minimum atomic E-state index is -0.0241. The van der Waals surface area contributed by atoms with Crippen LogP contribution in [0.15, 0.2) is 0 Å². The second-order valence-electron chi connectivity index (χ2n) is 4.97. The van der Waals surface area contributed by atoms with E-state index in [1.165, 1.54) is 38.6 Å². The second kappa shape index (κ2) is 3.58. The molecule has 2 rings (SSSR count). The minimum Gasteiger partial charge on any atom is -0.393 e.